The Kier molecular flexibility index (Phi) is 6.57. The van der Waals surface area contributed by atoms with E-state index in [1.165, 1.54) is 5.56 Å². The first-order chi connectivity index (χ1) is 13.9. The maximum absolute atomic E-state index is 13.1. The molecule has 0 saturated carbocycles. The molecule has 2 aromatic rings. The highest BCUT2D eigenvalue weighted by Crippen LogP contribution is 2.32. The van der Waals surface area contributed by atoms with Crippen molar-refractivity contribution in [1.82, 2.24) is 10.2 Å². The number of ether oxygens (including phenoxy) is 1. The Morgan fingerprint density at radius 3 is 2.59 bits per heavy atom. The van der Waals surface area contributed by atoms with Crippen LogP contribution in [-0.4, -0.2) is 36.4 Å². The van der Waals surface area contributed by atoms with Gasteiger partial charge in [0.15, 0.2) is 0 Å². The molecule has 29 heavy (non-hydrogen) atoms. The third-order valence-electron chi connectivity index (χ3n) is 5.52. The van der Waals surface area contributed by atoms with E-state index in [4.69, 9.17) is 4.74 Å². The van der Waals surface area contributed by atoms with Crippen LogP contribution in [0.3, 0.4) is 0 Å². The van der Waals surface area contributed by atoms with Crippen LogP contribution < -0.4 is 10.1 Å². The third kappa shape index (κ3) is 4.97. The molecule has 1 aliphatic heterocycles. The van der Waals surface area contributed by atoms with E-state index in [-0.39, 0.29) is 11.8 Å². The molecular formula is C24H30N2O3. The van der Waals surface area contributed by atoms with Crippen LogP contribution in [0.25, 0.3) is 0 Å². The van der Waals surface area contributed by atoms with Crippen molar-refractivity contribution < 1.29 is 14.3 Å². The van der Waals surface area contributed by atoms with Crippen LogP contribution in [0.5, 0.6) is 5.75 Å². The quantitative estimate of drug-likeness (QED) is 0.807. The maximum atomic E-state index is 13.1. The highest BCUT2D eigenvalue weighted by atomic mass is 16.5. The van der Waals surface area contributed by atoms with E-state index in [0.717, 1.165) is 18.4 Å². The lowest BCUT2D eigenvalue weighted by molar-refractivity contribution is -0.132. The SMILES string of the molecule is CCOc1ccccc1C(=O)N1CCC[C@@](C)(C(=O)NCc2ccc(C)cc2)C1. The summed E-state index contributed by atoms with van der Waals surface area (Å²) in [5, 5.41) is 3.06. The first-order valence-corrected chi connectivity index (χ1v) is 10.3. The van der Waals surface area contributed by atoms with Crippen LogP contribution in [0.15, 0.2) is 48.5 Å². The van der Waals surface area contributed by atoms with Gasteiger partial charge in [0.25, 0.3) is 5.91 Å². The number of benzene rings is 2. The molecule has 2 amide bonds. The van der Waals surface area contributed by atoms with E-state index < -0.39 is 5.41 Å². The number of amides is 2. The molecule has 1 N–H and O–H groups in total. The van der Waals surface area contributed by atoms with Gasteiger partial charge in [-0.15, -0.1) is 0 Å². The van der Waals surface area contributed by atoms with Crippen molar-refractivity contribution in [2.24, 2.45) is 5.41 Å². The molecule has 154 valence electrons. The number of nitrogens with zero attached hydrogens (tertiary/aromatic N) is 1. The number of aryl methyl sites for hydroxylation is 1. The second-order valence-corrected chi connectivity index (χ2v) is 7.99. The summed E-state index contributed by atoms with van der Waals surface area (Å²) in [6, 6.07) is 15.4. The highest BCUT2D eigenvalue weighted by molar-refractivity contribution is 5.97. The number of likely N-dealkylation sites (tertiary alicyclic amines) is 1. The molecule has 0 radical (unpaired) electrons. The van der Waals surface area contributed by atoms with Gasteiger partial charge in [0.05, 0.1) is 17.6 Å². The van der Waals surface area contributed by atoms with Gasteiger partial charge in [0.2, 0.25) is 5.91 Å². The monoisotopic (exact) mass is 394 g/mol. The number of nitrogens with one attached hydrogen (secondary N) is 1. The summed E-state index contributed by atoms with van der Waals surface area (Å²) in [6.45, 7) is 7.95. The standard InChI is InChI=1S/C24H30N2O3/c1-4-29-21-9-6-5-8-20(21)22(27)26-15-7-14-24(3,17-26)23(28)25-16-19-12-10-18(2)11-13-19/h5-6,8-13H,4,7,14-17H2,1-3H3,(H,25,28)/t24-/m1/s1. The van der Waals surface area contributed by atoms with Gasteiger partial charge < -0.3 is 15.0 Å². The van der Waals surface area contributed by atoms with E-state index in [9.17, 15) is 9.59 Å². The van der Waals surface area contributed by atoms with Gasteiger partial charge in [-0.25, -0.2) is 0 Å². The minimum absolute atomic E-state index is 0.00586. The normalized spacial score (nSPS) is 18.9. The second-order valence-electron chi connectivity index (χ2n) is 7.99. The summed E-state index contributed by atoms with van der Waals surface area (Å²) in [6.07, 6.45) is 1.57. The Labute approximate surface area is 173 Å². The zero-order chi connectivity index (χ0) is 20.9. The number of hydrogen-bond acceptors (Lipinski definition) is 3. The Morgan fingerprint density at radius 1 is 1.14 bits per heavy atom. The van der Waals surface area contributed by atoms with Crippen molar-refractivity contribution in [1.29, 1.82) is 0 Å². The molecule has 5 heteroatoms. The molecule has 5 nitrogen and oxygen atoms in total. The van der Waals surface area contributed by atoms with E-state index in [1.54, 1.807) is 11.0 Å². The largest absolute Gasteiger partial charge is 0.493 e. The second kappa shape index (κ2) is 9.12. The molecule has 0 unspecified atom stereocenters. The summed E-state index contributed by atoms with van der Waals surface area (Å²) < 4.78 is 5.62. The van der Waals surface area contributed by atoms with Crippen LogP contribution in [0.1, 0.15) is 48.2 Å². The van der Waals surface area contributed by atoms with Crippen LogP contribution in [-0.2, 0) is 11.3 Å². The predicted octanol–water partition coefficient (Wildman–Crippen LogP) is 3.95. The Hall–Kier alpha value is -2.82. The number of rotatable bonds is 6. The van der Waals surface area contributed by atoms with Gasteiger partial charge in [0.1, 0.15) is 5.75 Å². The predicted molar refractivity (Wildman–Crippen MR) is 114 cm³/mol. The van der Waals surface area contributed by atoms with E-state index in [1.807, 2.05) is 63.2 Å². The van der Waals surface area contributed by atoms with E-state index in [2.05, 4.69) is 5.32 Å². The lowest BCUT2D eigenvalue weighted by atomic mass is 9.80. The van der Waals surface area contributed by atoms with Crippen LogP contribution in [0, 0.1) is 12.3 Å². The zero-order valence-corrected chi connectivity index (χ0v) is 17.5. The third-order valence-corrected chi connectivity index (χ3v) is 5.52. The molecule has 3 rings (SSSR count). The van der Waals surface area contributed by atoms with Gasteiger partial charge >= 0.3 is 0 Å². The molecule has 1 heterocycles. The average Bonchev–Trinajstić information content (AvgIpc) is 2.73. The lowest BCUT2D eigenvalue weighted by Crippen LogP contribution is -2.51. The van der Waals surface area contributed by atoms with Crippen LogP contribution >= 0.6 is 0 Å². The summed E-state index contributed by atoms with van der Waals surface area (Å²) in [5.41, 5.74) is 2.22. The highest BCUT2D eigenvalue weighted by Gasteiger charge is 2.39. The molecule has 0 spiro atoms. The van der Waals surface area contributed by atoms with Crippen LogP contribution in [0.2, 0.25) is 0 Å². The maximum Gasteiger partial charge on any atom is 0.257 e. The molecule has 1 atom stereocenters. The Bertz CT molecular complexity index is 863. The minimum atomic E-state index is -0.598. The number of hydrogen-bond donors (Lipinski definition) is 1. The fourth-order valence-corrected chi connectivity index (χ4v) is 3.79. The molecule has 2 aromatic carbocycles. The molecule has 0 aromatic heterocycles. The van der Waals surface area contributed by atoms with Crippen molar-refractivity contribution in [2.75, 3.05) is 19.7 Å². The fourth-order valence-electron chi connectivity index (χ4n) is 3.79. The average molecular weight is 395 g/mol. The first kappa shape index (κ1) is 20.9. The van der Waals surface area contributed by atoms with Gasteiger partial charge in [-0.1, -0.05) is 42.0 Å². The van der Waals surface area contributed by atoms with Gasteiger partial charge in [-0.3, -0.25) is 9.59 Å². The van der Waals surface area contributed by atoms with Gasteiger partial charge in [0, 0.05) is 19.6 Å². The van der Waals surface area contributed by atoms with Gasteiger partial charge in [-0.2, -0.15) is 0 Å². The zero-order valence-electron chi connectivity index (χ0n) is 17.5. The Morgan fingerprint density at radius 2 is 1.86 bits per heavy atom. The molecule has 0 aliphatic carbocycles. The summed E-state index contributed by atoms with van der Waals surface area (Å²) in [7, 11) is 0. The minimum Gasteiger partial charge on any atom is -0.493 e. The van der Waals surface area contributed by atoms with Crippen molar-refractivity contribution in [3.8, 4) is 5.75 Å². The van der Waals surface area contributed by atoms with Crippen molar-refractivity contribution in [3.05, 3.63) is 65.2 Å². The lowest BCUT2D eigenvalue weighted by Gasteiger charge is -2.39. The van der Waals surface area contributed by atoms with Gasteiger partial charge in [-0.05, 0) is 51.3 Å². The number of piperidine rings is 1. The summed E-state index contributed by atoms with van der Waals surface area (Å²) >= 11 is 0. The number of carbonyl (C=O) groups excluding carboxylic acids is 2. The number of carbonyl (C=O) groups is 2. The van der Waals surface area contributed by atoms with Crippen molar-refractivity contribution >= 4 is 11.8 Å². The van der Waals surface area contributed by atoms with Crippen LogP contribution in [0.4, 0.5) is 0 Å². The van der Waals surface area contributed by atoms with Crippen molar-refractivity contribution in [3.63, 3.8) is 0 Å². The molecule has 1 fully saturated rings. The fraction of sp³-hybridized carbons (Fsp3) is 0.417. The molecule has 0 bridgehead atoms. The topological polar surface area (TPSA) is 58.6 Å². The smallest absolute Gasteiger partial charge is 0.257 e. The first-order valence-electron chi connectivity index (χ1n) is 10.3. The molecular weight excluding hydrogens is 364 g/mol. The van der Waals surface area contributed by atoms with E-state index >= 15 is 0 Å². The van der Waals surface area contributed by atoms with E-state index in [0.29, 0.717) is 37.6 Å². The molecule has 1 saturated heterocycles. The molecule has 1 aliphatic rings. The number of para-hydroxylation sites is 1. The van der Waals surface area contributed by atoms with Crippen molar-refractivity contribution in [2.45, 2.75) is 40.2 Å². The Balaban J connectivity index is 1.67. The summed E-state index contributed by atoms with van der Waals surface area (Å²) in [5.74, 6) is 0.510. The summed E-state index contributed by atoms with van der Waals surface area (Å²) in [4.78, 5) is 27.9.